The third-order valence-electron chi connectivity index (χ3n) is 1.80. The topological polar surface area (TPSA) is 71.7 Å². The lowest BCUT2D eigenvalue weighted by Crippen LogP contribution is -2.55. The van der Waals surface area contributed by atoms with Gasteiger partial charge in [0.2, 0.25) is 0 Å². The summed E-state index contributed by atoms with van der Waals surface area (Å²) < 4.78 is 64.9. The first-order valence-corrected chi connectivity index (χ1v) is 4.33. The van der Waals surface area contributed by atoms with Crippen molar-refractivity contribution in [2.24, 2.45) is 0 Å². The maximum Gasteiger partial charge on any atom is 0.174 e. The molecule has 1 unspecified atom stereocenters. The van der Waals surface area contributed by atoms with Crippen molar-refractivity contribution in [3.63, 3.8) is 0 Å². The van der Waals surface area contributed by atoms with Gasteiger partial charge in [0.15, 0.2) is 4.77 Å². The number of aliphatic carboxylic acids is 1. The second kappa shape index (κ2) is 4.16. The number of nitrogens with zero attached hydrogens (tertiary/aromatic N) is 1. The van der Waals surface area contributed by atoms with E-state index in [4.69, 9.17) is 24.6 Å². The summed E-state index contributed by atoms with van der Waals surface area (Å²) >= 11 is 4.75. The first-order chi connectivity index (χ1) is 10.6. The lowest BCUT2D eigenvalue weighted by atomic mass is 10.1. The summed E-state index contributed by atoms with van der Waals surface area (Å²) in [6.07, 6.45) is 0.455. The molecule has 0 fully saturated rings. The Morgan fingerprint density at radius 2 is 2.40 bits per heavy atom. The molecular formula is C9H15N3O2S. The van der Waals surface area contributed by atoms with Gasteiger partial charge < -0.3 is 24.4 Å². The number of hydrogen-bond donors (Lipinski definition) is 2. The largest absolute Gasteiger partial charge is 0.544 e. The van der Waals surface area contributed by atoms with Crippen LogP contribution in [0.5, 0.6) is 0 Å². The quantitative estimate of drug-likeness (QED) is 0.545. The van der Waals surface area contributed by atoms with Crippen LogP contribution in [-0.4, -0.2) is 47.4 Å². The van der Waals surface area contributed by atoms with Gasteiger partial charge in [-0.1, -0.05) is 0 Å². The summed E-state index contributed by atoms with van der Waals surface area (Å²) in [6.45, 7) is -11.1. The van der Waals surface area contributed by atoms with Crippen molar-refractivity contribution in [3.05, 3.63) is 16.7 Å². The van der Waals surface area contributed by atoms with Crippen LogP contribution in [0.3, 0.4) is 0 Å². The molecular weight excluding hydrogens is 214 g/mol. The predicted molar refractivity (Wildman–Crippen MR) is 56.5 cm³/mol. The van der Waals surface area contributed by atoms with Crippen LogP contribution in [0.1, 0.15) is 18.0 Å². The number of hydrogen-bond acceptors (Lipinski definition) is 3. The molecule has 1 aromatic rings. The number of quaternary nitrogens is 1. The maximum atomic E-state index is 11.6. The zero-order valence-electron chi connectivity index (χ0n) is 16.5. The minimum absolute atomic E-state index is 0.0365. The van der Waals surface area contributed by atoms with Gasteiger partial charge in [0, 0.05) is 18.3 Å². The molecule has 5 nitrogen and oxygen atoms in total. The SMILES string of the molecule is [2H]C([2H])([2H])[N+](C(Cc1c[nH]c(=S)[nH]1)C(=O)[O-])(C([2H])([2H])[2H])C([2H])([2H])[2H]. The maximum absolute atomic E-state index is 11.6. The molecule has 15 heavy (non-hydrogen) atoms. The van der Waals surface area contributed by atoms with E-state index >= 15 is 0 Å². The van der Waals surface area contributed by atoms with Crippen molar-refractivity contribution in [3.8, 4) is 0 Å². The lowest BCUT2D eigenvalue weighted by Gasteiger charge is -2.34. The van der Waals surface area contributed by atoms with Gasteiger partial charge in [-0.3, -0.25) is 0 Å². The molecule has 0 saturated heterocycles. The molecule has 2 N–H and O–H groups in total. The molecule has 0 aliphatic carbocycles. The average molecular weight is 238 g/mol. The minimum atomic E-state index is -3.69. The standard InChI is InChI=1S/C9H15N3O2S/c1-12(2,3)7(8(13)14)4-6-5-10-9(15)11-6/h5,7H,4H2,1-3H3,(H2-,10,11,13,14,15)/i1D3,2D3,3D3. The third kappa shape index (κ3) is 3.17. The average Bonchev–Trinajstić information content (AvgIpc) is 2.68. The van der Waals surface area contributed by atoms with Crippen molar-refractivity contribution in [1.29, 1.82) is 0 Å². The van der Waals surface area contributed by atoms with E-state index < -0.39 is 43.8 Å². The fourth-order valence-corrected chi connectivity index (χ4v) is 1.26. The minimum Gasteiger partial charge on any atom is -0.544 e. The van der Waals surface area contributed by atoms with Crippen LogP contribution in [0.2, 0.25) is 0 Å². The predicted octanol–water partition coefficient (Wildman–Crippen LogP) is -0.561. The number of nitrogens with one attached hydrogen (secondary N) is 2. The molecule has 0 aliphatic rings. The Labute approximate surface area is 106 Å². The Bertz CT molecular complexity index is 621. The van der Waals surface area contributed by atoms with Gasteiger partial charge in [-0.15, -0.1) is 0 Å². The van der Waals surface area contributed by atoms with Crippen molar-refractivity contribution in [2.75, 3.05) is 20.9 Å². The number of aromatic amines is 2. The van der Waals surface area contributed by atoms with Gasteiger partial charge in [0.1, 0.15) is 6.04 Å². The molecule has 0 amide bonds. The highest BCUT2D eigenvalue weighted by molar-refractivity contribution is 7.71. The molecule has 0 aliphatic heterocycles. The molecule has 0 spiro atoms. The highest BCUT2D eigenvalue weighted by Gasteiger charge is 2.25. The molecule has 0 bridgehead atoms. The number of carbonyl (C=O) groups excluding carboxylic acids is 1. The van der Waals surface area contributed by atoms with Crippen molar-refractivity contribution in [2.45, 2.75) is 12.5 Å². The van der Waals surface area contributed by atoms with Gasteiger partial charge in [-0.2, -0.15) is 0 Å². The smallest absolute Gasteiger partial charge is 0.174 e. The molecule has 6 heteroatoms. The highest BCUT2D eigenvalue weighted by atomic mass is 32.1. The summed E-state index contributed by atoms with van der Waals surface area (Å²) in [5.41, 5.74) is 0.0365. The number of carboxylic acid groups (broad SMARTS) is 1. The fourth-order valence-electron chi connectivity index (χ4n) is 1.07. The van der Waals surface area contributed by atoms with Crippen molar-refractivity contribution < 1.29 is 26.7 Å². The van der Waals surface area contributed by atoms with Crippen LogP contribution in [0.25, 0.3) is 0 Å². The van der Waals surface area contributed by atoms with Crippen LogP contribution in [0, 0.1) is 4.77 Å². The molecule has 0 radical (unpaired) electrons. The van der Waals surface area contributed by atoms with Gasteiger partial charge in [-0.25, -0.2) is 0 Å². The van der Waals surface area contributed by atoms with Gasteiger partial charge in [0.25, 0.3) is 0 Å². The number of imidazole rings is 1. The number of H-pyrrole nitrogens is 2. The molecule has 1 atom stereocenters. The van der Waals surface area contributed by atoms with Gasteiger partial charge in [-0.05, 0) is 12.2 Å². The van der Waals surface area contributed by atoms with Crippen LogP contribution in [0.15, 0.2) is 6.20 Å². The number of aromatic nitrogens is 2. The van der Waals surface area contributed by atoms with Gasteiger partial charge in [0.05, 0.1) is 39.2 Å². The van der Waals surface area contributed by atoms with Crippen LogP contribution >= 0.6 is 12.2 Å². The number of likely N-dealkylation sites (N-methyl/N-ethyl adjacent to an activating group) is 1. The van der Waals surface area contributed by atoms with Crippen molar-refractivity contribution in [1.82, 2.24) is 9.97 Å². The molecule has 0 saturated carbocycles. The Hall–Kier alpha value is -1.14. The van der Waals surface area contributed by atoms with E-state index in [2.05, 4.69) is 9.97 Å². The Kier molecular flexibility index (Phi) is 1.22. The summed E-state index contributed by atoms with van der Waals surface area (Å²) in [5, 5.41) is 11.6. The highest BCUT2D eigenvalue weighted by Crippen LogP contribution is 2.08. The molecule has 1 heterocycles. The van der Waals surface area contributed by atoms with Gasteiger partial charge >= 0.3 is 0 Å². The van der Waals surface area contributed by atoms with Crippen LogP contribution < -0.4 is 5.11 Å². The van der Waals surface area contributed by atoms with E-state index in [-0.39, 0.29) is 10.5 Å². The summed E-state index contributed by atoms with van der Waals surface area (Å²) in [4.78, 5) is 16.6. The Morgan fingerprint density at radius 3 is 2.80 bits per heavy atom. The fraction of sp³-hybridized carbons (Fsp3) is 0.556. The number of carboxylic acids is 1. The Morgan fingerprint density at radius 1 is 1.73 bits per heavy atom. The number of rotatable bonds is 4. The van der Waals surface area contributed by atoms with E-state index in [0.717, 1.165) is 0 Å². The van der Waals surface area contributed by atoms with E-state index in [9.17, 15) is 9.90 Å². The third-order valence-corrected chi connectivity index (χ3v) is 2.02. The first-order valence-electron chi connectivity index (χ1n) is 8.42. The Balaban J connectivity index is 3.70. The summed E-state index contributed by atoms with van der Waals surface area (Å²) in [5.74, 6) is -2.11. The normalized spacial score (nSPS) is 25.2. The second-order valence-corrected chi connectivity index (χ2v) is 3.44. The molecule has 0 aromatic carbocycles. The lowest BCUT2D eigenvalue weighted by molar-refractivity contribution is -0.889. The van der Waals surface area contributed by atoms with E-state index in [1.165, 1.54) is 6.20 Å². The van der Waals surface area contributed by atoms with E-state index in [1.807, 2.05) is 0 Å². The van der Waals surface area contributed by atoms with Crippen molar-refractivity contribution >= 4 is 18.2 Å². The van der Waals surface area contributed by atoms with Crippen LogP contribution in [-0.2, 0) is 11.2 Å². The van der Waals surface area contributed by atoms with Crippen LogP contribution in [0.4, 0.5) is 0 Å². The first kappa shape index (κ1) is 4.39. The monoisotopic (exact) mass is 238 g/mol. The van der Waals surface area contributed by atoms with E-state index in [1.54, 1.807) is 0 Å². The number of carbonyl (C=O) groups is 1. The van der Waals surface area contributed by atoms with E-state index in [0.29, 0.717) is 0 Å². The molecule has 84 valence electrons. The summed E-state index contributed by atoms with van der Waals surface area (Å²) in [6, 6.07) is -2.40. The second-order valence-electron chi connectivity index (χ2n) is 3.03. The molecule has 1 aromatic heterocycles. The molecule has 1 rings (SSSR count). The zero-order valence-corrected chi connectivity index (χ0v) is 8.35. The zero-order chi connectivity index (χ0) is 19.1. The summed E-state index contributed by atoms with van der Waals surface area (Å²) in [7, 11) is 0.